The largest absolute Gasteiger partial charge is 0.490 e. The monoisotopic (exact) mass is 386 g/mol. The third kappa shape index (κ3) is 4.62. The van der Waals surface area contributed by atoms with Gasteiger partial charge in [-0.1, -0.05) is 23.7 Å². The number of aromatic amines is 1. The van der Waals surface area contributed by atoms with E-state index in [4.69, 9.17) is 21.1 Å². The van der Waals surface area contributed by atoms with Gasteiger partial charge in [0, 0.05) is 36.4 Å². The molecular weight excluding hydrogens is 364 g/mol. The molecule has 2 heterocycles. The summed E-state index contributed by atoms with van der Waals surface area (Å²) < 4.78 is 11.4. The maximum Gasteiger partial charge on any atom is 0.134 e. The number of aromatic nitrogens is 1. The molecule has 27 heavy (non-hydrogen) atoms. The summed E-state index contributed by atoms with van der Waals surface area (Å²) in [7, 11) is 0. The van der Waals surface area contributed by atoms with Crippen LogP contribution in [0.15, 0.2) is 54.7 Å². The molecule has 0 aliphatic carbocycles. The van der Waals surface area contributed by atoms with Gasteiger partial charge in [0.05, 0.1) is 13.2 Å². The molecule has 6 heteroatoms. The van der Waals surface area contributed by atoms with Gasteiger partial charge in [-0.05, 0) is 47.3 Å². The lowest BCUT2D eigenvalue weighted by molar-refractivity contribution is -0.0646. The van der Waals surface area contributed by atoms with Gasteiger partial charge in [0.2, 0.25) is 0 Å². The van der Waals surface area contributed by atoms with E-state index < -0.39 is 5.60 Å². The van der Waals surface area contributed by atoms with Crippen molar-refractivity contribution in [2.45, 2.75) is 12.1 Å². The highest BCUT2D eigenvalue weighted by Crippen LogP contribution is 2.22. The van der Waals surface area contributed by atoms with Gasteiger partial charge < -0.3 is 19.6 Å². The van der Waals surface area contributed by atoms with Gasteiger partial charge >= 0.3 is 0 Å². The summed E-state index contributed by atoms with van der Waals surface area (Å²) >= 11 is 6.00. The first-order valence-corrected chi connectivity index (χ1v) is 9.44. The van der Waals surface area contributed by atoms with E-state index >= 15 is 0 Å². The first-order valence-electron chi connectivity index (χ1n) is 9.07. The number of nitrogens with zero attached hydrogens (tertiary/aromatic N) is 1. The Bertz CT molecular complexity index is 913. The van der Waals surface area contributed by atoms with E-state index in [0.717, 1.165) is 18.6 Å². The van der Waals surface area contributed by atoms with Crippen LogP contribution in [0.1, 0.15) is 5.56 Å². The summed E-state index contributed by atoms with van der Waals surface area (Å²) in [6.45, 7) is 3.00. The number of rotatable bonds is 5. The molecule has 1 aliphatic rings. The second kappa shape index (κ2) is 7.90. The maximum absolute atomic E-state index is 11.0. The number of halogens is 1. The fraction of sp³-hybridized carbons (Fsp3) is 0.333. The summed E-state index contributed by atoms with van der Waals surface area (Å²) in [5.74, 6) is 0.643. The van der Waals surface area contributed by atoms with Crippen molar-refractivity contribution in [2.24, 2.45) is 0 Å². The molecule has 1 saturated heterocycles. The van der Waals surface area contributed by atoms with Crippen LogP contribution in [-0.4, -0.2) is 53.5 Å². The number of H-pyrrole nitrogens is 1. The van der Waals surface area contributed by atoms with Crippen molar-refractivity contribution in [3.8, 4) is 5.75 Å². The molecule has 3 aromatic rings. The topological polar surface area (TPSA) is 57.7 Å². The zero-order chi connectivity index (χ0) is 18.7. The molecule has 0 unspecified atom stereocenters. The van der Waals surface area contributed by atoms with Crippen LogP contribution in [0.5, 0.6) is 5.75 Å². The third-order valence-corrected chi connectivity index (χ3v) is 5.00. The van der Waals surface area contributed by atoms with Crippen molar-refractivity contribution in [2.75, 3.05) is 32.9 Å². The third-order valence-electron chi connectivity index (χ3n) is 4.77. The zero-order valence-corrected chi connectivity index (χ0v) is 15.8. The molecule has 0 radical (unpaired) electrons. The van der Waals surface area contributed by atoms with Crippen LogP contribution in [0, 0.1) is 0 Å². The lowest BCUT2D eigenvalue weighted by Crippen LogP contribution is -2.48. The van der Waals surface area contributed by atoms with Crippen molar-refractivity contribution in [3.05, 3.63) is 65.3 Å². The van der Waals surface area contributed by atoms with E-state index in [1.165, 1.54) is 10.9 Å². The van der Waals surface area contributed by atoms with Crippen molar-refractivity contribution in [1.82, 2.24) is 9.88 Å². The molecule has 2 aromatic carbocycles. The van der Waals surface area contributed by atoms with Crippen LogP contribution in [0.3, 0.4) is 0 Å². The molecule has 0 spiro atoms. The highest BCUT2D eigenvalue weighted by atomic mass is 35.5. The van der Waals surface area contributed by atoms with E-state index in [2.05, 4.69) is 34.1 Å². The molecular formula is C21H23ClN2O3. The van der Waals surface area contributed by atoms with Crippen LogP contribution in [0.4, 0.5) is 0 Å². The minimum absolute atomic E-state index is 0.153. The SMILES string of the molecule is O[C@]1(COc2cccc(Cl)c2)COCCN(Cc2ccc3[nH]ccc3c2)C1. The second-order valence-corrected chi connectivity index (χ2v) is 7.57. The van der Waals surface area contributed by atoms with Gasteiger partial charge in [-0.15, -0.1) is 0 Å². The summed E-state index contributed by atoms with van der Waals surface area (Å²) in [5.41, 5.74) is 1.27. The first kappa shape index (κ1) is 18.3. The van der Waals surface area contributed by atoms with Crippen LogP contribution >= 0.6 is 11.6 Å². The predicted molar refractivity (Wildman–Crippen MR) is 106 cm³/mol. The molecule has 4 rings (SSSR count). The molecule has 0 amide bonds. The highest BCUT2D eigenvalue weighted by Gasteiger charge is 2.33. The van der Waals surface area contributed by atoms with Gasteiger partial charge in [0.15, 0.2) is 0 Å². The summed E-state index contributed by atoms with van der Waals surface area (Å²) in [6.07, 6.45) is 1.94. The number of aliphatic hydroxyl groups is 1. The molecule has 2 N–H and O–H groups in total. The number of benzene rings is 2. The van der Waals surface area contributed by atoms with Gasteiger partial charge in [-0.2, -0.15) is 0 Å². The van der Waals surface area contributed by atoms with Crippen molar-refractivity contribution in [1.29, 1.82) is 0 Å². The van der Waals surface area contributed by atoms with E-state index in [-0.39, 0.29) is 13.2 Å². The Balaban J connectivity index is 1.42. The number of fused-ring (bicyclic) bond motifs is 1. The Kier molecular flexibility index (Phi) is 5.36. The van der Waals surface area contributed by atoms with Crippen molar-refractivity contribution in [3.63, 3.8) is 0 Å². The number of ether oxygens (including phenoxy) is 2. The molecule has 142 valence electrons. The lowest BCUT2D eigenvalue weighted by atomic mass is 10.1. The highest BCUT2D eigenvalue weighted by molar-refractivity contribution is 6.30. The molecule has 5 nitrogen and oxygen atoms in total. The molecule has 1 aliphatic heterocycles. The lowest BCUT2D eigenvalue weighted by Gasteiger charge is -2.30. The average Bonchev–Trinajstić information content (AvgIpc) is 3.03. The predicted octanol–water partition coefficient (Wildman–Crippen LogP) is 3.46. The fourth-order valence-corrected chi connectivity index (χ4v) is 3.63. The summed E-state index contributed by atoms with van der Waals surface area (Å²) in [4.78, 5) is 5.42. The molecule has 1 atom stereocenters. The normalized spacial score (nSPS) is 21.3. The molecule has 0 bridgehead atoms. The van der Waals surface area contributed by atoms with Gasteiger partial charge in [-0.25, -0.2) is 0 Å². The van der Waals surface area contributed by atoms with E-state index in [9.17, 15) is 5.11 Å². The standard InChI is InChI=1S/C21H23ClN2O3/c22-18-2-1-3-19(11-18)27-15-21(25)13-24(8-9-26-14-21)12-16-4-5-20-17(10-16)6-7-23-20/h1-7,10-11,23,25H,8-9,12-15H2/t21-/m0/s1. The van der Waals surface area contributed by atoms with Crippen LogP contribution < -0.4 is 4.74 Å². The Morgan fingerprint density at radius 1 is 1.22 bits per heavy atom. The first-order chi connectivity index (χ1) is 13.1. The molecule has 0 saturated carbocycles. The van der Waals surface area contributed by atoms with Crippen molar-refractivity contribution >= 4 is 22.5 Å². The average molecular weight is 387 g/mol. The Hall–Kier alpha value is -2.05. The van der Waals surface area contributed by atoms with Crippen LogP contribution in [-0.2, 0) is 11.3 Å². The number of hydrogen-bond donors (Lipinski definition) is 2. The van der Waals surface area contributed by atoms with E-state index in [1.807, 2.05) is 18.3 Å². The van der Waals surface area contributed by atoms with Gasteiger partial charge in [0.1, 0.15) is 18.0 Å². The Morgan fingerprint density at radius 2 is 2.15 bits per heavy atom. The summed E-state index contributed by atoms with van der Waals surface area (Å²) in [5, 5.41) is 12.8. The zero-order valence-electron chi connectivity index (χ0n) is 15.0. The molecule has 1 fully saturated rings. The van der Waals surface area contributed by atoms with Crippen LogP contribution in [0.2, 0.25) is 5.02 Å². The van der Waals surface area contributed by atoms with Gasteiger partial charge in [-0.3, -0.25) is 4.90 Å². The second-order valence-electron chi connectivity index (χ2n) is 7.13. The molecule has 1 aromatic heterocycles. The smallest absolute Gasteiger partial charge is 0.134 e. The van der Waals surface area contributed by atoms with Gasteiger partial charge in [0.25, 0.3) is 0 Å². The van der Waals surface area contributed by atoms with Crippen molar-refractivity contribution < 1.29 is 14.6 Å². The quantitative estimate of drug-likeness (QED) is 0.705. The summed E-state index contributed by atoms with van der Waals surface area (Å²) in [6, 6.07) is 15.6. The minimum atomic E-state index is -1.07. The number of hydrogen-bond acceptors (Lipinski definition) is 4. The minimum Gasteiger partial charge on any atom is -0.490 e. The Morgan fingerprint density at radius 3 is 3.04 bits per heavy atom. The van der Waals surface area contributed by atoms with E-state index in [0.29, 0.717) is 23.9 Å². The number of β-amino-alcohol motifs (C(OH)–C–C–N with tert-alkyl or cyclic N) is 1. The van der Waals surface area contributed by atoms with E-state index in [1.54, 1.807) is 12.1 Å². The maximum atomic E-state index is 11.0. The fourth-order valence-electron chi connectivity index (χ4n) is 3.45. The number of nitrogens with one attached hydrogen (secondary N) is 1. The Labute approximate surface area is 163 Å². The van der Waals surface area contributed by atoms with Crippen LogP contribution in [0.25, 0.3) is 10.9 Å².